The average Bonchev–Trinajstić information content (AvgIpc) is 2.45. The van der Waals surface area contributed by atoms with Crippen molar-refractivity contribution in [1.29, 1.82) is 5.26 Å². The van der Waals surface area contributed by atoms with Crippen molar-refractivity contribution < 1.29 is 9.47 Å². The van der Waals surface area contributed by atoms with Gasteiger partial charge in [-0.15, -0.1) is 0 Å². The summed E-state index contributed by atoms with van der Waals surface area (Å²) in [4.78, 5) is 10.3. The SMILES string of the molecule is COCC[C@H]1CN(c2nccnc2C#N)CCO1. The van der Waals surface area contributed by atoms with Gasteiger partial charge in [0.1, 0.15) is 6.07 Å². The number of nitriles is 1. The van der Waals surface area contributed by atoms with Gasteiger partial charge in [-0.05, 0) is 6.42 Å². The zero-order valence-electron chi connectivity index (χ0n) is 10.4. The van der Waals surface area contributed by atoms with E-state index in [4.69, 9.17) is 14.7 Å². The lowest BCUT2D eigenvalue weighted by Crippen LogP contribution is -2.43. The molecule has 1 fully saturated rings. The first kappa shape index (κ1) is 12.7. The lowest BCUT2D eigenvalue weighted by Gasteiger charge is -2.33. The van der Waals surface area contributed by atoms with Crippen molar-refractivity contribution in [3.05, 3.63) is 18.1 Å². The van der Waals surface area contributed by atoms with Gasteiger partial charge in [-0.1, -0.05) is 0 Å². The van der Waals surface area contributed by atoms with E-state index in [0.717, 1.165) is 19.5 Å². The Kier molecular flexibility index (Phi) is 4.45. The number of nitrogens with zero attached hydrogens (tertiary/aromatic N) is 4. The maximum absolute atomic E-state index is 9.03. The largest absolute Gasteiger partial charge is 0.385 e. The fraction of sp³-hybridized carbons (Fsp3) is 0.583. The van der Waals surface area contributed by atoms with Crippen LogP contribution in [0.3, 0.4) is 0 Å². The molecule has 0 radical (unpaired) electrons. The molecule has 6 heteroatoms. The monoisotopic (exact) mass is 248 g/mol. The van der Waals surface area contributed by atoms with Crippen LogP contribution >= 0.6 is 0 Å². The Morgan fingerprint density at radius 1 is 1.56 bits per heavy atom. The van der Waals surface area contributed by atoms with E-state index in [-0.39, 0.29) is 6.10 Å². The molecule has 0 aliphatic carbocycles. The molecule has 0 bridgehead atoms. The minimum atomic E-state index is 0.118. The second-order valence-electron chi connectivity index (χ2n) is 4.06. The van der Waals surface area contributed by atoms with Crippen LogP contribution in [0, 0.1) is 11.3 Å². The number of aromatic nitrogens is 2. The van der Waals surface area contributed by atoms with Crippen molar-refractivity contribution in [2.24, 2.45) is 0 Å². The maximum atomic E-state index is 9.03. The summed E-state index contributed by atoms with van der Waals surface area (Å²) in [6, 6.07) is 2.07. The molecular weight excluding hydrogens is 232 g/mol. The first-order chi connectivity index (χ1) is 8.85. The van der Waals surface area contributed by atoms with Gasteiger partial charge in [-0.25, -0.2) is 9.97 Å². The van der Waals surface area contributed by atoms with Crippen molar-refractivity contribution in [2.45, 2.75) is 12.5 Å². The average molecular weight is 248 g/mol. The summed E-state index contributed by atoms with van der Waals surface area (Å²) in [6.45, 7) is 2.76. The van der Waals surface area contributed by atoms with Crippen LogP contribution in [0.1, 0.15) is 12.1 Å². The normalized spacial score (nSPS) is 19.6. The summed E-state index contributed by atoms with van der Waals surface area (Å²) in [6.07, 6.45) is 4.10. The van der Waals surface area contributed by atoms with Gasteiger partial charge in [0.2, 0.25) is 0 Å². The van der Waals surface area contributed by atoms with Crippen LogP contribution in [0.2, 0.25) is 0 Å². The molecule has 1 aromatic heterocycles. The molecule has 0 saturated carbocycles. The zero-order valence-corrected chi connectivity index (χ0v) is 10.4. The Morgan fingerprint density at radius 2 is 2.39 bits per heavy atom. The molecule has 0 spiro atoms. The molecule has 1 saturated heterocycles. The molecule has 0 aromatic carbocycles. The molecule has 1 aromatic rings. The van der Waals surface area contributed by atoms with Crippen molar-refractivity contribution in [3.63, 3.8) is 0 Å². The van der Waals surface area contributed by atoms with Crippen LogP contribution in [0.25, 0.3) is 0 Å². The Labute approximate surface area is 106 Å². The highest BCUT2D eigenvalue weighted by Crippen LogP contribution is 2.18. The van der Waals surface area contributed by atoms with Gasteiger partial charge in [0.25, 0.3) is 0 Å². The van der Waals surface area contributed by atoms with Gasteiger partial charge >= 0.3 is 0 Å². The van der Waals surface area contributed by atoms with E-state index in [1.807, 2.05) is 0 Å². The lowest BCUT2D eigenvalue weighted by molar-refractivity contribution is 0.0189. The predicted molar refractivity (Wildman–Crippen MR) is 65.2 cm³/mol. The summed E-state index contributed by atoms with van der Waals surface area (Å²) in [7, 11) is 1.68. The third kappa shape index (κ3) is 2.94. The van der Waals surface area contributed by atoms with Crippen molar-refractivity contribution in [3.8, 4) is 6.07 Å². The fourth-order valence-electron chi connectivity index (χ4n) is 1.98. The number of morpholine rings is 1. The molecule has 0 unspecified atom stereocenters. The molecule has 0 amide bonds. The highest BCUT2D eigenvalue weighted by Gasteiger charge is 2.23. The summed E-state index contributed by atoms with van der Waals surface area (Å²) in [5.41, 5.74) is 0.366. The van der Waals surface area contributed by atoms with Gasteiger partial charge in [-0.3, -0.25) is 0 Å². The Hall–Kier alpha value is -1.71. The van der Waals surface area contributed by atoms with Crippen LogP contribution < -0.4 is 4.90 Å². The molecule has 6 nitrogen and oxygen atoms in total. The van der Waals surface area contributed by atoms with Crippen molar-refractivity contribution in [1.82, 2.24) is 9.97 Å². The molecule has 1 atom stereocenters. The minimum absolute atomic E-state index is 0.118. The molecule has 2 heterocycles. The first-order valence-electron chi connectivity index (χ1n) is 5.91. The molecule has 18 heavy (non-hydrogen) atoms. The van der Waals surface area contributed by atoms with Crippen LogP contribution in [0.15, 0.2) is 12.4 Å². The van der Waals surface area contributed by atoms with Crippen LogP contribution in [0.4, 0.5) is 5.82 Å². The topological polar surface area (TPSA) is 71.3 Å². The second kappa shape index (κ2) is 6.28. The van der Waals surface area contributed by atoms with E-state index in [2.05, 4.69) is 20.9 Å². The second-order valence-corrected chi connectivity index (χ2v) is 4.06. The Balaban J connectivity index is 2.06. The molecular formula is C12H16N4O2. The van der Waals surface area contributed by atoms with Gasteiger partial charge in [0.15, 0.2) is 11.5 Å². The number of hydrogen-bond acceptors (Lipinski definition) is 6. The van der Waals surface area contributed by atoms with Crippen LogP contribution in [0.5, 0.6) is 0 Å². The number of hydrogen-bond donors (Lipinski definition) is 0. The fourth-order valence-corrected chi connectivity index (χ4v) is 1.98. The van der Waals surface area contributed by atoms with E-state index >= 15 is 0 Å². The highest BCUT2D eigenvalue weighted by atomic mass is 16.5. The molecule has 2 rings (SSSR count). The number of ether oxygens (including phenoxy) is 2. The van der Waals surface area contributed by atoms with E-state index in [9.17, 15) is 0 Å². The highest BCUT2D eigenvalue weighted by molar-refractivity contribution is 5.49. The molecule has 1 aliphatic rings. The van der Waals surface area contributed by atoms with Gasteiger partial charge in [0, 0.05) is 39.2 Å². The smallest absolute Gasteiger partial charge is 0.183 e. The summed E-state index contributed by atoms with van der Waals surface area (Å²) >= 11 is 0. The van der Waals surface area contributed by atoms with E-state index < -0.39 is 0 Å². The number of rotatable bonds is 4. The molecule has 96 valence electrons. The van der Waals surface area contributed by atoms with Crippen LogP contribution in [-0.2, 0) is 9.47 Å². The number of anilines is 1. The first-order valence-corrected chi connectivity index (χ1v) is 5.91. The van der Waals surface area contributed by atoms with Gasteiger partial charge in [-0.2, -0.15) is 5.26 Å². The van der Waals surface area contributed by atoms with Crippen LogP contribution in [-0.4, -0.2) is 49.5 Å². The molecule has 0 N–H and O–H groups in total. The Bertz CT molecular complexity index is 432. The number of methoxy groups -OCH3 is 1. The predicted octanol–water partition coefficient (Wildman–Crippen LogP) is 0.590. The van der Waals surface area contributed by atoms with Crippen molar-refractivity contribution in [2.75, 3.05) is 38.3 Å². The third-order valence-corrected chi connectivity index (χ3v) is 2.87. The van der Waals surface area contributed by atoms with E-state index in [1.54, 1.807) is 13.3 Å². The summed E-state index contributed by atoms with van der Waals surface area (Å²) in [5, 5.41) is 9.03. The minimum Gasteiger partial charge on any atom is -0.385 e. The van der Waals surface area contributed by atoms with Crippen molar-refractivity contribution >= 4 is 5.82 Å². The lowest BCUT2D eigenvalue weighted by atomic mass is 10.2. The van der Waals surface area contributed by atoms with E-state index in [0.29, 0.717) is 24.7 Å². The van der Waals surface area contributed by atoms with E-state index in [1.165, 1.54) is 6.20 Å². The maximum Gasteiger partial charge on any atom is 0.183 e. The molecule has 1 aliphatic heterocycles. The van der Waals surface area contributed by atoms with Gasteiger partial charge < -0.3 is 14.4 Å². The third-order valence-electron chi connectivity index (χ3n) is 2.87. The summed E-state index contributed by atoms with van der Waals surface area (Å²) < 4.78 is 10.7. The van der Waals surface area contributed by atoms with Gasteiger partial charge in [0.05, 0.1) is 12.7 Å². The zero-order chi connectivity index (χ0) is 12.8. The summed E-state index contributed by atoms with van der Waals surface area (Å²) in [5.74, 6) is 0.644. The quantitative estimate of drug-likeness (QED) is 0.776. The standard InChI is InChI=1S/C12H16N4O2/c1-17-6-2-10-9-16(5-7-18-10)12-11(8-13)14-3-4-15-12/h3-4,10H,2,5-7,9H2,1H3/t10-/m0/s1. The Morgan fingerprint density at radius 3 is 3.17 bits per heavy atom.